The fraction of sp³-hybridized carbons (Fsp3) is 0.481. The Hall–Kier alpha value is 0.186. The number of benzene rings is 1. The second-order valence-electron chi connectivity index (χ2n) is 11.9. The molecule has 0 unspecified atom stereocenters. The molecule has 0 radical (unpaired) electrons. The van der Waals surface area contributed by atoms with E-state index in [2.05, 4.69) is 103 Å². The van der Waals surface area contributed by atoms with Crippen molar-refractivity contribution < 1.29 is 15.7 Å². The topological polar surface area (TPSA) is 0 Å². The Labute approximate surface area is 209 Å². The molecule has 0 heterocycles. The first-order valence-electron chi connectivity index (χ1n) is 11.1. The summed E-state index contributed by atoms with van der Waals surface area (Å²) >= 11 is -2.13. The van der Waals surface area contributed by atoms with E-state index in [0.29, 0.717) is 0 Å². The van der Waals surface area contributed by atoms with Gasteiger partial charge in [0, 0.05) is 0 Å². The van der Waals surface area contributed by atoms with E-state index in [1.165, 1.54) is 25.0 Å². The zero-order valence-electron chi connectivity index (χ0n) is 21.0. The number of allylic oxidation sites excluding steroid dienone is 8. The van der Waals surface area contributed by atoms with Crippen LogP contribution in [0.5, 0.6) is 0 Å². The van der Waals surface area contributed by atoms with Crippen LogP contribution in [0.1, 0.15) is 68.2 Å². The first-order valence-corrected chi connectivity index (χ1v) is 27.7. The summed E-state index contributed by atoms with van der Waals surface area (Å²) in [6.07, 6.45) is 7.45. The van der Waals surface area contributed by atoms with E-state index in [1.54, 1.807) is 25.6 Å². The molecule has 0 saturated heterocycles. The second-order valence-corrected chi connectivity index (χ2v) is 48.1. The molecular weight excluding hydrogens is 559 g/mol. The zero-order chi connectivity index (χ0) is 21.9. The molecule has 4 heteroatoms. The van der Waals surface area contributed by atoms with Crippen LogP contribution < -0.4 is 3.27 Å². The molecule has 0 atom stereocenters. The van der Waals surface area contributed by atoms with Crippen molar-refractivity contribution in [3.63, 3.8) is 0 Å². The first kappa shape index (κ1) is 29.2. The molecule has 2 aliphatic carbocycles. The van der Waals surface area contributed by atoms with Gasteiger partial charge in [0.25, 0.3) is 0 Å². The van der Waals surface area contributed by atoms with Crippen LogP contribution in [0.15, 0.2) is 71.3 Å². The van der Waals surface area contributed by atoms with E-state index in [-0.39, 0.29) is 35.6 Å². The third kappa shape index (κ3) is 5.16. The molecule has 0 nitrogen and oxygen atoms in total. The Morgan fingerprint density at radius 2 is 1.06 bits per heavy atom. The number of hydrogen-bond donors (Lipinski definition) is 0. The normalized spacial score (nSPS) is 17.9. The van der Waals surface area contributed by atoms with Gasteiger partial charge in [0.1, 0.15) is 0 Å². The molecule has 0 aromatic heterocycles. The van der Waals surface area contributed by atoms with E-state index >= 15 is 0 Å². The van der Waals surface area contributed by atoms with Crippen molar-refractivity contribution >= 4 is 40.2 Å². The molecule has 0 bridgehead atoms. The van der Waals surface area contributed by atoms with Gasteiger partial charge in [-0.25, -0.2) is 0 Å². The maximum Gasteiger partial charge on any atom is -0.147 e. The molecule has 172 valence electrons. The Bertz CT molecular complexity index is 981. The van der Waals surface area contributed by atoms with E-state index in [1.807, 2.05) is 6.56 Å². The number of halogens is 2. The molecule has 0 N–H and O–H groups in total. The summed E-state index contributed by atoms with van der Waals surface area (Å²) in [5.74, 6) is 0. The summed E-state index contributed by atoms with van der Waals surface area (Å²) in [6.45, 7) is 19.1. The van der Waals surface area contributed by atoms with Crippen molar-refractivity contribution in [3.05, 3.63) is 71.3 Å². The van der Waals surface area contributed by atoms with Crippen molar-refractivity contribution in [2.75, 3.05) is 0 Å². The molecule has 1 aromatic carbocycles. The predicted molar refractivity (Wildman–Crippen MR) is 145 cm³/mol. The van der Waals surface area contributed by atoms with Crippen molar-refractivity contribution in [1.82, 2.24) is 0 Å². The van der Waals surface area contributed by atoms with Gasteiger partial charge in [0.2, 0.25) is 0 Å². The van der Waals surface area contributed by atoms with Crippen LogP contribution in [-0.2, 0) is 15.7 Å². The fourth-order valence-electron chi connectivity index (χ4n) is 5.39. The minimum atomic E-state index is -3.53. The van der Waals surface area contributed by atoms with Gasteiger partial charge < -0.3 is 0 Å². The van der Waals surface area contributed by atoms with Gasteiger partial charge in [-0.3, -0.25) is 0 Å². The van der Waals surface area contributed by atoms with Crippen LogP contribution in [0.3, 0.4) is 0 Å². The van der Waals surface area contributed by atoms with Gasteiger partial charge >= 0.3 is 186 Å². The van der Waals surface area contributed by atoms with E-state index in [0.717, 1.165) is 0 Å². The maximum atomic E-state index is 2.76. The van der Waals surface area contributed by atoms with Crippen LogP contribution in [0.2, 0.25) is 4.63 Å². The second kappa shape index (κ2) is 9.44. The molecule has 3 rings (SSSR count). The molecule has 0 amide bonds. The van der Waals surface area contributed by atoms with E-state index < -0.39 is 15.7 Å². The Kier molecular flexibility index (Phi) is 8.90. The van der Waals surface area contributed by atoms with Crippen molar-refractivity contribution in [2.45, 2.75) is 72.9 Å². The monoisotopic (exact) mass is 600 g/mol. The first-order chi connectivity index (χ1) is 13.2. The summed E-state index contributed by atoms with van der Waals surface area (Å²) in [7, 11) is 0. The minimum Gasteiger partial charge on any atom is -0.147 e. The summed E-state index contributed by atoms with van der Waals surface area (Å²) in [4.78, 5) is 0. The molecule has 31 heavy (non-hydrogen) atoms. The summed E-state index contributed by atoms with van der Waals surface area (Å²) < 4.78 is 8.10. The van der Waals surface area contributed by atoms with Gasteiger partial charge in [-0.1, -0.05) is 0 Å². The van der Waals surface area contributed by atoms with Crippen molar-refractivity contribution in [3.8, 4) is 0 Å². The van der Waals surface area contributed by atoms with E-state index in [4.69, 9.17) is 0 Å². The average molecular weight is 601 g/mol. The van der Waals surface area contributed by atoms with E-state index in [9.17, 15) is 0 Å². The van der Waals surface area contributed by atoms with Gasteiger partial charge in [-0.05, 0) is 0 Å². The van der Waals surface area contributed by atoms with Crippen LogP contribution in [-0.4, -0.2) is 12.1 Å². The molecule has 0 fully saturated rings. The van der Waals surface area contributed by atoms with Gasteiger partial charge in [-0.15, -0.1) is 24.8 Å². The van der Waals surface area contributed by atoms with Gasteiger partial charge in [-0.2, -0.15) is 0 Å². The number of rotatable bonds is 3. The molecule has 1 aromatic rings. The zero-order valence-corrected chi connectivity index (χ0v) is 28.0. The number of hydrogen-bond acceptors (Lipinski definition) is 0. The van der Waals surface area contributed by atoms with Crippen molar-refractivity contribution in [2.24, 2.45) is 10.8 Å². The summed E-state index contributed by atoms with van der Waals surface area (Å²) in [5.41, 5.74) is 6.88. The quantitative estimate of drug-likeness (QED) is 0.311. The molecular formula is C27H42Cl2GeZr. The third-order valence-electron chi connectivity index (χ3n) is 7.58. The van der Waals surface area contributed by atoms with Gasteiger partial charge in [0.05, 0.1) is 0 Å². The Morgan fingerprint density at radius 3 is 1.35 bits per heavy atom. The predicted octanol–water partition coefficient (Wildman–Crippen LogP) is 7.74. The molecule has 2 aliphatic rings. The third-order valence-corrected chi connectivity index (χ3v) is 38.7. The SMILES string of the molecule is CC1=[C]([Zr]([CH3])(=[GeH2])([C]2=C(C)C=C(C(C)(C)C)C2)[c]2ccccc2)CC(C(C)(C)C)=C1.Cl.Cl. The summed E-state index contributed by atoms with van der Waals surface area (Å²) in [6, 6.07) is 11.6. The van der Waals surface area contributed by atoms with Crippen LogP contribution in [0.25, 0.3) is 0 Å². The summed E-state index contributed by atoms with van der Waals surface area (Å²) in [5, 5.41) is 0. The maximum absolute atomic E-state index is 3.53. The van der Waals surface area contributed by atoms with Gasteiger partial charge in [0.15, 0.2) is 0 Å². The minimum absolute atomic E-state index is 0. The van der Waals surface area contributed by atoms with Crippen LogP contribution in [0.4, 0.5) is 0 Å². The fourth-order valence-corrected chi connectivity index (χ4v) is 32.5. The Morgan fingerprint density at radius 1 is 0.710 bits per heavy atom. The Balaban J connectivity index is 0.00000240. The van der Waals surface area contributed by atoms with Crippen LogP contribution >= 0.6 is 24.8 Å². The average Bonchev–Trinajstić information content (AvgIpc) is 3.19. The smallest absolute Gasteiger partial charge is 0.147 e. The van der Waals surface area contributed by atoms with Crippen molar-refractivity contribution in [1.29, 1.82) is 0 Å². The standard InChI is InChI=1S/2C10H15.C6H5.CH3.2ClH.GeH2.Zr/c2*1-8-5-6-9(7-8)10(2,3)4;1-2-4-6-5-3-1;;;;;/h2*7H,6H2,1-4H3;1-5H;1H3;2*1H;1H2;. The molecule has 0 saturated carbocycles. The molecule has 0 aliphatic heterocycles. The molecule has 0 spiro atoms. The van der Waals surface area contributed by atoms with Crippen LogP contribution in [0, 0.1) is 10.8 Å². The largest absolute Gasteiger partial charge is 0.147 e.